The molecule has 124 valence electrons. The van der Waals surface area contributed by atoms with Gasteiger partial charge >= 0.3 is 5.97 Å². The van der Waals surface area contributed by atoms with Crippen molar-refractivity contribution in [3.63, 3.8) is 0 Å². The van der Waals surface area contributed by atoms with Crippen molar-refractivity contribution in [1.29, 1.82) is 5.26 Å². The Morgan fingerprint density at radius 1 is 1.46 bits per heavy atom. The fourth-order valence-electron chi connectivity index (χ4n) is 1.98. The van der Waals surface area contributed by atoms with Crippen LogP contribution >= 0.6 is 0 Å². The summed E-state index contributed by atoms with van der Waals surface area (Å²) in [4.78, 5) is 26.7. The molecule has 0 amide bonds. The lowest BCUT2D eigenvalue weighted by Crippen LogP contribution is -2.21. The number of hydrogen-bond acceptors (Lipinski definition) is 8. The Morgan fingerprint density at radius 3 is 2.71 bits per heavy atom. The van der Waals surface area contributed by atoms with E-state index in [1.807, 2.05) is 6.07 Å². The molecule has 0 saturated heterocycles. The van der Waals surface area contributed by atoms with Crippen LogP contribution < -0.4 is 5.56 Å². The number of carbonyl (C=O) groups is 1. The number of hydrogen-bond donors (Lipinski definition) is 3. The van der Waals surface area contributed by atoms with E-state index in [1.54, 1.807) is 6.92 Å². The Kier molecular flexibility index (Phi) is 4.69. The first kappa shape index (κ1) is 16.8. The molecule has 0 radical (unpaired) electrons. The number of carboxylic acids is 1. The van der Waals surface area contributed by atoms with Gasteiger partial charge in [0.2, 0.25) is 11.7 Å². The Balaban J connectivity index is 2.55. The number of aromatic hydroxyl groups is 1. The summed E-state index contributed by atoms with van der Waals surface area (Å²) in [6.45, 7) is 3.46. The number of nitrogens with zero attached hydrogens (tertiary/aromatic N) is 6. The molecule has 2 aromatic heterocycles. The van der Waals surface area contributed by atoms with Crippen molar-refractivity contribution in [2.75, 3.05) is 0 Å². The molecule has 0 spiro atoms. The van der Waals surface area contributed by atoms with Crippen LogP contribution in [0.3, 0.4) is 0 Å². The van der Waals surface area contributed by atoms with Crippen molar-refractivity contribution in [3.8, 4) is 11.9 Å². The largest absolute Gasteiger partial charge is 0.493 e. The average molecular weight is 331 g/mol. The normalized spacial score (nSPS) is 10.9. The smallest absolute Gasteiger partial charge is 0.373 e. The number of nitriles is 1. The van der Waals surface area contributed by atoms with Crippen LogP contribution in [0.5, 0.6) is 5.88 Å². The van der Waals surface area contributed by atoms with E-state index in [0.717, 1.165) is 4.57 Å². The Morgan fingerprint density at radius 2 is 2.17 bits per heavy atom. The van der Waals surface area contributed by atoms with E-state index in [0.29, 0.717) is 6.42 Å². The zero-order valence-corrected chi connectivity index (χ0v) is 12.8. The Labute approximate surface area is 134 Å². The van der Waals surface area contributed by atoms with Crippen LogP contribution in [0.25, 0.3) is 0 Å². The standard InChI is InChI=1S/C13H13N7O4/c1-3-4-20-10(21)7(5-14)6(2)8(11(20)22)16-18-13-15-9(12(23)24)17-19-13/h21H,3-4H2,1-2H3,(H,23,24)(H,15,17,19). The second-order valence-corrected chi connectivity index (χ2v) is 4.73. The minimum Gasteiger partial charge on any atom is -0.493 e. The summed E-state index contributed by atoms with van der Waals surface area (Å²) in [5.74, 6) is -2.44. The lowest BCUT2D eigenvalue weighted by Gasteiger charge is -2.11. The number of aromatic nitrogens is 4. The monoisotopic (exact) mass is 331 g/mol. The molecule has 3 N–H and O–H groups in total. The van der Waals surface area contributed by atoms with Gasteiger partial charge in [0, 0.05) is 12.1 Å². The molecule has 0 aliphatic rings. The molecule has 0 saturated carbocycles. The van der Waals surface area contributed by atoms with Gasteiger partial charge in [-0.2, -0.15) is 10.2 Å². The number of azo groups is 1. The molecule has 24 heavy (non-hydrogen) atoms. The van der Waals surface area contributed by atoms with Gasteiger partial charge in [0.1, 0.15) is 11.6 Å². The molecule has 0 aromatic carbocycles. The first-order valence-electron chi connectivity index (χ1n) is 6.84. The average Bonchev–Trinajstić information content (AvgIpc) is 3.01. The van der Waals surface area contributed by atoms with Gasteiger partial charge in [0.05, 0.1) is 0 Å². The molecule has 2 aromatic rings. The lowest BCUT2D eigenvalue weighted by molar-refractivity contribution is 0.0684. The number of aromatic amines is 1. The molecule has 11 nitrogen and oxygen atoms in total. The summed E-state index contributed by atoms with van der Waals surface area (Å²) in [5, 5.41) is 41.0. The van der Waals surface area contributed by atoms with E-state index < -0.39 is 23.2 Å². The summed E-state index contributed by atoms with van der Waals surface area (Å²) in [6, 6.07) is 1.82. The highest BCUT2D eigenvalue weighted by Gasteiger charge is 2.19. The van der Waals surface area contributed by atoms with Gasteiger partial charge in [-0.3, -0.25) is 14.5 Å². The third-order valence-electron chi connectivity index (χ3n) is 3.13. The number of H-pyrrole nitrogens is 1. The first-order chi connectivity index (χ1) is 11.4. The minimum atomic E-state index is -1.32. The van der Waals surface area contributed by atoms with E-state index in [2.05, 4.69) is 25.4 Å². The van der Waals surface area contributed by atoms with Gasteiger partial charge in [-0.25, -0.2) is 4.79 Å². The zero-order valence-electron chi connectivity index (χ0n) is 12.8. The molecular weight excluding hydrogens is 318 g/mol. The van der Waals surface area contributed by atoms with E-state index in [-0.39, 0.29) is 29.3 Å². The van der Waals surface area contributed by atoms with E-state index in [9.17, 15) is 14.7 Å². The zero-order chi connectivity index (χ0) is 17.9. The fraction of sp³-hybridized carbons (Fsp3) is 0.308. The van der Waals surface area contributed by atoms with Crippen molar-refractivity contribution < 1.29 is 15.0 Å². The third-order valence-corrected chi connectivity index (χ3v) is 3.13. The topological polar surface area (TPSA) is 170 Å². The van der Waals surface area contributed by atoms with Crippen molar-refractivity contribution >= 4 is 17.6 Å². The second kappa shape index (κ2) is 6.69. The molecule has 0 bridgehead atoms. The van der Waals surface area contributed by atoms with Crippen molar-refractivity contribution in [3.05, 3.63) is 27.3 Å². The maximum atomic E-state index is 12.4. The van der Waals surface area contributed by atoms with Gasteiger partial charge in [0.25, 0.3) is 11.5 Å². The molecule has 0 atom stereocenters. The molecule has 0 aliphatic carbocycles. The van der Waals surface area contributed by atoms with Gasteiger partial charge in [-0.1, -0.05) is 6.92 Å². The number of aromatic carboxylic acids is 1. The van der Waals surface area contributed by atoms with Crippen LogP contribution in [0.15, 0.2) is 15.0 Å². The van der Waals surface area contributed by atoms with Crippen LogP contribution in [0, 0.1) is 18.3 Å². The summed E-state index contributed by atoms with van der Waals surface area (Å²) < 4.78 is 1.03. The molecule has 11 heteroatoms. The number of carboxylic acid groups (broad SMARTS) is 1. The molecule has 0 unspecified atom stereocenters. The predicted molar refractivity (Wildman–Crippen MR) is 79.6 cm³/mol. The van der Waals surface area contributed by atoms with Gasteiger partial charge in [-0.05, 0) is 13.3 Å². The summed E-state index contributed by atoms with van der Waals surface area (Å²) in [5.41, 5.74) is -0.702. The minimum absolute atomic E-state index is 0.0850. The molecule has 2 heterocycles. The number of nitrogens with one attached hydrogen (secondary N) is 1. The van der Waals surface area contributed by atoms with Crippen LogP contribution in [0.2, 0.25) is 0 Å². The maximum absolute atomic E-state index is 12.4. The maximum Gasteiger partial charge on any atom is 0.373 e. The molecule has 2 rings (SSSR count). The number of rotatable bonds is 5. The molecular formula is C13H13N7O4. The first-order valence-corrected chi connectivity index (χ1v) is 6.84. The third kappa shape index (κ3) is 2.98. The molecule has 0 fully saturated rings. The van der Waals surface area contributed by atoms with Crippen LogP contribution in [-0.2, 0) is 6.54 Å². The van der Waals surface area contributed by atoms with Crippen LogP contribution in [-0.4, -0.2) is 35.9 Å². The van der Waals surface area contributed by atoms with Crippen LogP contribution in [0.4, 0.5) is 11.6 Å². The van der Waals surface area contributed by atoms with E-state index >= 15 is 0 Å². The van der Waals surface area contributed by atoms with Gasteiger partial charge in [0.15, 0.2) is 5.69 Å². The lowest BCUT2D eigenvalue weighted by atomic mass is 10.1. The second-order valence-electron chi connectivity index (χ2n) is 4.73. The SMILES string of the molecule is CCCn1c(O)c(C#N)c(C)c(N=Nc2n[nH]c(C(=O)O)n2)c1=O. The summed E-state index contributed by atoms with van der Waals surface area (Å²) in [7, 11) is 0. The summed E-state index contributed by atoms with van der Waals surface area (Å²) in [6.07, 6.45) is 0.556. The Bertz CT molecular complexity index is 920. The highest BCUT2D eigenvalue weighted by molar-refractivity contribution is 5.83. The van der Waals surface area contributed by atoms with Gasteiger partial charge < -0.3 is 10.2 Å². The Hall–Kier alpha value is -3.55. The quantitative estimate of drug-likeness (QED) is 0.694. The van der Waals surface area contributed by atoms with Crippen molar-refractivity contribution in [2.45, 2.75) is 26.8 Å². The van der Waals surface area contributed by atoms with E-state index in [1.165, 1.54) is 6.92 Å². The fourth-order valence-corrected chi connectivity index (χ4v) is 1.98. The van der Waals surface area contributed by atoms with E-state index in [4.69, 9.17) is 10.4 Å². The molecule has 0 aliphatic heterocycles. The highest BCUT2D eigenvalue weighted by atomic mass is 16.4. The van der Waals surface area contributed by atoms with Crippen LogP contribution in [0.1, 0.15) is 35.1 Å². The predicted octanol–water partition coefficient (Wildman–Crippen LogP) is 1.38. The van der Waals surface area contributed by atoms with Crippen molar-refractivity contribution in [2.24, 2.45) is 10.2 Å². The van der Waals surface area contributed by atoms with Crippen molar-refractivity contribution in [1.82, 2.24) is 19.7 Å². The summed E-state index contributed by atoms with van der Waals surface area (Å²) >= 11 is 0. The van der Waals surface area contributed by atoms with Gasteiger partial charge in [-0.15, -0.1) is 15.3 Å². The highest BCUT2D eigenvalue weighted by Crippen LogP contribution is 2.26. The number of pyridine rings is 1.